The van der Waals surface area contributed by atoms with E-state index in [1.807, 2.05) is 0 Å². The molecular weight excluding hydrogens is 354 g/mol. The third kappa shape index (κ3) is 4.09. The number of allylic oxidation sites excluding steroid dienone is 3. The summed E-state index contributed by atoms with van der Waals surface area (Å²) in [5.41, 5.74) is 9.25. The molecule has 4 rings (SSSR count). The molecule has 0 saturated heterocycles. The van der Waals surface area contributed by atoms with E-state index in [1.165, 1.54) is 27.6 Å². The first kappa shape index (κ1) is 19.0. The Morgan fingerprint density at radius 2 is 2.14 bits per heavy atom. The number of aromatic amines is 1. The first-order valence-corrected chi connectivity index (χ1v) is 10.2. The predicted molar refractivity (Wildman–Crippen MR) is 124 cm³/mol. The molecule has 1 heterocycles. The second-order valence-corrected chi connectivity index (χ2v) is 7.51. The van der Waals surface area contributed by atoms with Crippen LogP contribution in [0.15, 0.2) is 66.8 Å². The third-order valence-corrected chi connectivity index (χ3v) is 5.40. The van der Waals surface area contributed by atoms with Crippen molar-refractivity contribution < 1.29 is 0 Å². The Kier molecular flexibility index (Phi) is 5.48. The van der Waals surface area contributed by atoms with Gasteiger partial charge in [-0.05, 0) is 48.6 Å². The fourth-order valence-corrected chi connectivity index (χ4v) is 3.87. The molecule has 3 heteroatoms. The molecule has 1 aromatic heterocycles. The van der Waals surface area contributed by atoms with Crippen LogP contribution in [0.5, 0.6) is 0 Å². The van der Waals surface area contributed by atoms with Gasteiger partial charge in [0.15, 0.2) is 0 Å². The first-order chi connectivity index (χ1) is 14.2. The Hall–Kier alpha value is -3.33. The van der Waals surface area contributed by atoms with Crippen molar-refractivity contribution in [3.63, 3.8) is 0 Å². The molecule has 0 amide bonds. The summed E-state index contributed by atoms with van der Waals surface area (Å²) in [6.45, 7) is 9.44. The van der Waals surface area contributed by atoms with Crippen LogP contribution in [0.1, 0.15) is 41.3 Å². The van der Waals surface area contributed by atoms with Gasteiger partial charge in [0.2, 0.25) is 0 Å². The van der Waals surface area contributed by atoms with Gasteiger partial charge in [-0.1, -0.05) is 73.7 Å². The maximum absolute atomic E-state index is 4.57. The van der Waals surface area contributed by atoms with Crippen LogP contribution in [0.4, 0.5) is 0 Å². The van der Waals surface area contributed by atoms with Crippen LogP contribution in [0, 0.1) is 6.92 Å². The van der Waals surface area contributed by atoms with Crippen LogP contribution < -0.4 is 5.32 Å². The summed E-state index contributed by atoms with van der Waals surface area (Å²) >= 11 is 0. The SMILES string of the molecule is C=C(NCC1=CC=CC1)c1ccc2[nH]nc(/C=C/c3cccc(C)c3)c2c1CC. The van der Waals surface area contributed by atoms with Crippen LogP contribution in [-0.4, -0.2) is 16.7 Å². The fourth-order valence-electron chi connectivity index (χ4n) is 3.87. The molecule has 0 spiro atoms. The second kappa shape index (κ2) is 8.36. The van der Waals surface area contributed by atoms with Gasteiger partial charge in [-0.2, -0.15) is 5.10 Å². The highest BCUT2D eigenvalue weighted by molar-refractivity contribution is 5.95. The Morgan fingerprint density at radius 3 is 2.90 bits per heavy atom. The molecule has 146 valence electrons. The van der Waals surface area contributed by atoms with Crippen molar-refractivity contribution in [3.05, 3.63) is 94.7 Å². The molecule has 0 radical (unpaired) electrons. The summed E-state index contributed by atoms with van der Waals surface area (Å²) in [4.78, 5) is 0. The van der Waals surface area contributed by atoms with E-state index in [-0.39, 0.29) is 0 Å². The predicted octanol–water partition coefficient (Wildman–Crippen LogP) is 6.05. The van der Waals surface area contributed by atoms with E-state index in [0.717, 1.165) is 41.9 Å². The molecule has 0 unspecified atom stereocenters. The summed E-state index contributed by atoms with van der Waals surface area (Å²) in [6.07, 6.45) is 12.6. The highest BCUT2D eigenvalue weighted by Crippen LogP contribution is 2.29. The van der Waals surface area contributed by atoms with E-state index in [1.54, 1.807) is 0 Å². The van der Waals surface area contributed by atoms with E-state index in [2.05, 4.69) is 103 Å². The first-order valence-electron chi connectivity index (χ1n) is 10.2. The van der Waals surface area contributed by atoms with Crippen molar-refractivity contribution in [2.45, 2.75) is 26.7 Å². The van der Waals surface area contributed by atoms with Crippen LogP contribution in [0.2, 0.25) is 0 Å². The quantitative estimate of drug-likeness (QED) is 0.523. The zero-order chi connectivity index (χ0) is 20.2. The van der Waals surface area contributed by atoms with Crippen LogP contribution in [0.25, 0.3) is 28.8 Å². The summed E-state index contributed by atoms with van der Waals surface area (Å²) in [5, 5.41) is 12.4. The summed E-state index contributed by atoms with van der Waals surface area (Å²) < 4.78 is 0. The Morgan fingerprint density at radius 1 is 1.24 bits per heavy atom. The fraction of sp³-hybridized carbons (Fsp3) is 0.192. The van der Waals surface area contributed by atoms with Gasteiger partial charge in [0.25, 0.3) is 0 Å². The molecule has 2 N–H and O–H groups in total. The van der Waals surface area contributed by atoms with Gasteiger partial charge in [0.05, 0.1) is 11.2 Å². The molecule has 0 fully saturated rings. The number of nitrogens with one attached hydrogen (secondary N) is 2. The zero-order valence-electron chi connectivity index (χ0n) is 17.1. The topological polar surface area (TPSA) is 40.7 Å². The number of H-pyrrole nitrogens is 1. The normalized spacial score (nSPS) is 13.4. The molecule has 3 nitrogen and oxygen atoms in total. The average Bonchev–Trinajstić information content (AvgIpc) is 3.39. The minimum atomic E-state index is 0.832. The number of rotatable bonds is 7. The van der Waals surface area contributed by atoms with E-state index >= 15 is 0 Å². The minimum Gasteiger partial charge on any atom is -0.381 e. The van der Waals surface area contributed by atoms with Crippen molar-refractivity contribution in [2.24, 2.45) is 0 Å². The number of aromatic nitrogens is 2. The lowest BCUT2D eigenvalue weighted by Crippen LogP contribution is -2.15. The number of nitrogens with zero attached hydrogens (tertiary/aromatic N) is 1. The van der Waals surface area contributed by atoms with Crippen LogP contribution in [-0.2, 0) is 6.42 Å². The Balaban J connectivity index is 1.65. The number of hydrogen-bond acceptors (Lipinski definition) is 2. The van der Waals surface area contributed by atoms with E-state index < -0.39 is 0 Å². The van der Waals surface area contributed by atoms with Gasteiger partial charge in [0, 0.05) is 23.2 Å². The molecule has 3 aromatic rings. The van der Waals surface area contributed by atoms with Crippen molar-refractivity contribution in [1.29, 1.82) is 0 Å². The lowest BCUT2D eigenvalue weighted by Gasteiger charge is -2.15. The van der Waals surface area contributed by atoms with Crippen molar-refractivity contribution >= 4 is 28.8 Å². The van der Waals surface area contributed by atoms with E-state index in [9.17, 15) is 0 Å². The maximum atomic E-state index is 4.57. The van der Waals surface area contributed by atoms with Gasteiger partial charge in [-0.25, -0.2) is 0 Å². The molecule has 0 bridgehead atoms. The molecule has 1 aliphatic carbocycles. The van der Waals surface area contributed by atoms with Crippen molar-refractivity contribution in [2.75, 3.05) is 6.54 Å². The third-order valence-electron chi connectivity index (χ3n) is 5.40. The zero-order valence-corrected chi connectivity index (χ0v) is 17.1. The minimum absolute atomic E-state index is 0.832. The largest absolute Gasteiger partial charge is 0.381 e. The Labute approximate surface area is 172 Å². The molecule has 29 heavy (non-hydrogen) atoms. The van der Waals surface area contributed by atoms with Crippen molar-refractivity contribution in [3.8, 4) is 0 Å². The number of benzene rings is 2. The summed E-state index contributed by atoms with van der Waals surface area (Å²) in [7, 11) is 0. The van der Waals surface area contributed by atoms with Gasteiger partial charge < -0.3 is 5.32 Å². The number of aryl methyl sites for hydroxylation is 2. The molecule has 0 atom stereocenters. The molecule has 0 aliphatic heterocycles. The highest BCUT2D eigenvalue weighted by atomic mass is 15.1. The van der Waals surface area contributed by atoms with Gasteiger partial charge in [-0.15, -0.1) is 0 Å². The maximum Gasteiger partial charge on any atom is 0.0930 e. The summed E-state index contributed by atoms with van der Waals surface area (Å²) in [5.74, 6) is 0. The standard InChI is InChI=1S/C26H27N3/c1-4-22-23(19(3)27-17-21-9-5-6-10-21)13-15-25-26(22)24(28-29-25)14-12-20-11-7-8-18(2)16-20/h5-9,11-16,27H,3-4,10,17H2,1-2H3,(H,28,29)/b14-12+. The van der Waals surface area contributed by atoms with Crippen LogP contribution in [0.3, 0.4) is 0 Å². The van der Waals surface area contributed by atoms with Crippen molar-refractivity contribution in [1.82, 2.24) is 15.5 Å². The number of fused-ring (bicyclic) bond motifs is 1. The van der Waals surface area contributed by atoms with Crippen LogP contribution >= 0.6 is 0 Å². The molecular formula is C26H27N3. The Bertz CT molecular complexity index is 1140. The second-order valence-electron chi connectivity index (χ2n) is 7.51. The van der Waals surface area contributed by atoms with E-state index in [0.29, 0.717) is 0 Å². The molecule has 1 aliphatic rings. The van der Waals surface area contributed by atoms with Gasteiger partial charge >= 0.3 is 0 Å². The lowest BCUT2D eigenvalue weighted by atomic mass is 9.96. The average molecular weight is 382 g/mol. The molecule has 2 aromatic carbocycles. The van der Waals surface area contributed by atoms with Gasteiger partial charge in [-0.3, -0.25) is 5.10 Å². The monoisotopic (exact) mass is 381 g/mol. The van der Waals surface area contributed by atoms with Gasteiger partial charge in [0.1, 0.15) is 0 Å². The van der Waals surface area contributed by atoms with E-state index in [4.69, 9.17) is 0 Å². The lowest BCUT2D eigenvalue weighted by molar-refractivity contribution is 0.934. The molecule has 0 saturated carbocycles. The highest BCUT2D eigenvalue weighted by Gasteiger charge is 2.14. The smallest absolute Gasteiger partial charge is 0.0930 e. The number of hydrogen-bond donors (Lipinski definition) is 2. The summed E-state index contributed by atoms with van der Waals surface area (Å²) in [6, 6.07) is 12.7.